The minimum atomic E-state index is -3.63. The van der Waals surface area contributed by atoms with Gasteiger partial charge in [0.25, 0.3) is 5.91 Å². The van der Waals surface area contributed by atoms with Crippen molar-refractivity contribution in [1.29, 1.82) is 0 Å². The van der Waals surface area contributed by atoms with E-state index in [-0.39, 0.29) is 10.8 Å². The Labute approximate surface area is 177 Å². The van der Waals surface area contributed by atoms with E-state index in [0.717, 1.165) is 5.56 Å². The summed E-state index contributed by atoms with van der Waals surface area (Å²) in [4.78, 5) is 17.8. The molecule has 0 unspecified atom stereocenters. The Kier molecular flexibility index (Phi) is 5.96. The van der Waals surface area contributed by atoms with Crippen molar-refractivity contribution >= 4 is 32.7 Å². The maximum absolute atomic E-state index is 13.2. The fraction of sp³-hybridized carbons (Fsp3) is 0.381. The lowest BCUT2D eigenvalue weighted by atomic mass is 10.1. The molecule has 0 aliphatic rings. The molecule has 0 atom stereocenters. The molecule has 0 radical (unpaired) electrons. The summed E-state index contributed by atoms with van der Waals surface area (Å²) >= 11 is 0. The second-order valence-electron chi connectivity index (χ2n) is 7.24. The van der Waals surface area contributed by atoms with Crippen LogP contribution in [0.4, 0.5) is 5.69 Å². The number of pyridine rings is 1. The number of hydrogen-bond acceptors (Lipinski definition) is 5. The van der Waals surface area contributed by atoms with Gasteiger partial charge >= 0.3 is 0 Å². The molecular weight excluding hydrogens is 402 g/mol. The van der Waals surface area contributed by atoms with Gasteiger partial charge in [-0.3, -0.25) is 9.48 Å². The molecule has 0 spiro atoms. The maximum Gasteiger partial charge on any atom is 0.256 e. The average Bonchev–Trinajstić information content (AvgIpc) is 2.97. The number of aromatic nitrogens is 3. The minimum Gasteiger partial charge on any atom is -0.322 e. The molecule has 1 amide bonds. The number of hydrogen-bond donors (Lipinski definition) is 1. The standard InChI is InChI=1S/C21H27N5O3S/c1-7-26(8-2)30(28,29)16-10-9-13(3)18(12-16)23-21(27)17-11-14(4)22-20-19(17)15(5)24-25(20)6/h9-12H,7-8H2,1-6H3,(H,23,27). The van der Waals surface area contributed by atoms with E-state index < -0.39 is 10.0 Å². The van der Waals surface area contributed by atoms with Crippen molar-refractivity contribution in [2.45, 2.75) is 39.5 Å². The van der Waals surface area contributed by atoms with Crippen LogP contribution in [0.3, 0.4) is 0 Å². The van der Waals surface area contributed by atoms with E-state index in [2.05, 4.69) is 15.4 Å². The molecule has 0 aliphatic heterocycles. The molecule has 0 saturated heterocycles. The molecule has 8 nitrogen and oxygen atoms in total. The van der Waals surface area contributed by atoms with E-state index in [1.54, 1.807) is 43.8 Å². The van der Waals surface area contributed by atoms with Crippen LogP contribution in [0.15, 0.2) is 29.2 Å². The van der Waals surface area contributed by atoms with E-state index in [1.807, 2.05) is 20.8 Å². The molecule has 2 aromatic heterocycles. The Balaban J connectivity index is 2.04. The van der Waals surface area contributed by atoms with E-state index >= 15 is 0 Å². The normalized spacial score (nSPS) is 12.0. The third kappa shape index (κ3) is 3.82. The predicted octanol–water partition coefficient (Wildman–Crippen LogP) is 3.18. The smallest absolute Gasteiger partial charge is 0.256 e. The fourth-order valence-corrected chi connectivity index (χ4v) is 5.03. The van der Waals surface area contributed by atoms with Gasteiger partial charge in [0.15, 0.2) is 5.65 Å². The van der Waals surface area contributed by atoms with Gasteiger partial charge < -0.3 is 5.32 Å². The Morgan fingerprint density at radius 3 is 2.43 bits per heavy atom. The van der Waals surface area contributed by atoms with Crippen molar-refractivity contribution in [1.82, 2.24) is 19.1 Å². The maximum atomic E-state index is 13.2. The van der Waals surface area contributed by atoms with Crippen LogP contribution < -0.4 is 5.32 Å². The van der Waals surface area contributed by atoms with Crippen LogP contribution in [0.1, 0.15) is 41.2 Å². The van der Waals surface area contributed by atoms with Crippen molar-refractivity contribution < 1.29 is 13.2 Å². The van der Waals surface area contributed by atoms with Gasteiger partial charge in [0, 0.05) is 31.5 Å². The lowest BCUT2D eigenvalue weighted by Gasteiger charge is -2.19. The number of benzene rings is 1. The number of aryl methyl sites for hydroxylation is 4. The highest BCUT2D eigenvalue weighted by Gasteiger charge is 2.23. The zero-order valence-corrected chi connectivity index (χ0v) is 19.0. The van der Waals surface area contributed by atoms with Crippen molar-refractivity contribution in [3.8, 4) is 0 Å². The van der Waals surface area contributed by atoms with Crippen LogP contribution in [0.5, 0.6) is 0 Å². The topological polar surface area (TPSA) is 97.2 Å². The van der Waals surface area contributed by atoms with Crippen LogP contribution in [0.2, 0.25) is 0 Å². The Bertz CT molecular complexity index is 1230. The number of carbonyl (C=O) groups is 1. The summed E-state index contributed by atoms with van der Waals surface area (Å²) in [5.41, 5.74) is 3.72. The van der Waals surface area contributed by atoms with Gasteiger partial charge in [0.2, 0.25) is 10.0 Å². The van der Waals surface area contributed by atoms with Crippen LogP contribution in [-0.2, 0) is 17.1 Å². The first-order valence-corrected chi connectivity index (χ1v) is 11.3. The second-order valence-corrected chi connectivity index (χ2v) is 9.18. The van der Waals surface area contributed by atoms with Gasteiger partial charge in [0.1, 0.15) is 0 Å². The molecular formula is C21H27N5O3S. The number of fused-ring (bicyclic) bond motifs is 1. The molecule has 9 heteroatoms. The first-order valence-electron chi connectivity index (χ1n) is 9.83. The SMILES string of the molecule is CCN(CC)S(=O)(=O)c1ccc(C)c(NC(=O)c2cc(C)nc3c2c(C)nn3C)c1. The number of sulfonamides is 1. The largest absolute Gasteiger partial charge is 0.322 e. The van der Waals surface area contributed by atoms with E-state index in [1.165, 1.54) is 10.4 Å². The molecule has 0 fully saturated rings. The van der Waals surface area contributed by atoms with E-state index in [4.69, 9.17) is 0 Å². The first kappa shape index (κ1) is 21.9. The van der Waals surface area contributed by atoms with Crippen molar-refractivity contribution in [3.05, 3.63) is 46.8 Å². The van der Waals surface area contributed by atoms with Gasteiger partial charge in [-0.15, -0.1) is 0 Å². The molecule has 30 heavy (non-hydrogen) atoms. The lowest BCUT2D eigenvalue weighted by Crippen LogP contribution is -2.30. The Morgan fingerprint density at radius 2 is 1.80 bits per heavy atom. The number of nitrogens with zero attached hydrogens (tertiary/aromatic N) is 4. The Hall–Kier alpha value is -2.78. The van der Waals surface area contributed by atoms with E-state index in [0.29, 0.717) is 46.8 Å². The molecule has 2 heterocycles. The number of rotatable bonds is 6. The number of amides is 1. The van der Waals surface area contributed by atoms with Gasteiger partial charge in [-0.05, 0) is 44.5 Å². The summed E-state index contributed by atoms with van der Waals surface area (Å²) in [6, 6.07) is 6.51. The average molecular weight is 430 g/mol. The molecule has 3 aromatic rings. The minimum absolute atomic E-state index is 0.153. The number of nitrogens with one attached hydrogen (secondary N) is 1. The fourth-order valence-electron chi connectivity index (χ4n) is 3.55. The van der Waals surface area contributed by atoms with Crippen molar-refractivity contribution in [2.75, 3.05) is 18.4 Å². The summed E-state index contributed by atoms with van der Waals surface area (Å²) in [5, 5.41) is 7.94. The van der Waals surface area contributed by atoms with Crippen LogP contribution in [-0.4, -0.2) is 46.5 Å². The van der Waals surface area contributed by atoms with Crippen LogP contribution in [0.25, 0.3) is 11.0 Å². The highest BCUT2D eigenvalue weighted by Crippen LogP contribution is 2.26. The highest BCUT2D eigenvalue weighted by molar-refractivity contribution is 7.89. The first-order chi connectivity index (χ1) is 14.1. The van der Waals surface area contributed by atoms with Crippen LogP contribution in [0, 0.1) is 20.8 Å². The summed E-state index contributed by atoms with van der Waals surface area (Å²) in [5.74, 6) is -0.331. The molecule has 0 bridgehead atoms. The van der Waals surface area contributed by atoms with Gasteiger partial charge in [-0.1, -0.05) is 19.9 Å². The molecule has 1 N–H and O–H groups in total. The van der Waals surface area contributed by atoms with Crippen LogP contribution >= 0.6 is 0 Å². The predicted molar refractivity (Wildman–Crippen MR) is 117 cm³/mol. The van der Waals surface area contributed by atoms with Gasteiger partial charge in [-0.2, -0.15) is 9.40 Å². The number of carbonyl (C=O) groups excluding carboxylic acids is 1. The van der Waals surface area contributed by atoms with E-state index in [9.17, 15) is 13.2 Å². The number of anilines is 1. The molecule has 3 rings (SSSR count). The van der Waals surface area contributed by atoms with Crippen molar-refractivity contribution in [3.63, 3.8) is 0 Å². The van der Waals surface area contributed by atoms with Gasteiger partial charge in [0.05, 0.1) is 21.5 Å². The lowest BCUT2D eigenvalue weighted by molar-refractivity contribution is 0.102. The third-order valence-electron chi connectivity index (χ3n) is 5.14. The monoisotopic (exact) mass is 429 g/mol. The summed E-state index contributed by atoms with van der Waals surface area (Å²) in [6.07, 6.45) is 0. The summed E-state index contributed by atoms with van der Waals surface area (Å²) in [6.45, 7) is 9.83. The summed E-state index contributed by atoms with van der Waals surface area (Å²) in [7, 11) is -1.84. The van der Waals surface area contributed by atoms with Gasteiger partial charge in [-0.25, -0.2) is 13.4 Å². The molecule has 0 aliphatic carbocycles. The Morgan fingerprint density at radius 1 is 1.13 bits per heavy atom. The second kappa shape index (κ2) is 8.16. The molecule has 0 saturated carbocycles. The summed E-state index contributed by atoms with van der Waals surface area (Å²) < 4.78 is 28.8. The zero-order valence-electron chi connectivity index (χ0n) is 18.1. The molecule has 1 aromatic carbocycles. The highest BCUT2D eigenvalue weighted by atomic mass is 32.2. The quantitative estimate of drug-likeness (QED) is 0.649. The van der Waals surface area contributed by atoms with Crippen molar-refractivity contribution in [2.24, 2.45) is 7.05 Å². The molecule has 160 valence electrons. The third-order valence-corrected chi connectivity index (χ3v) is 7.19. The zero-order chi connectivity index (χ0) is 22.2.